The van der Waals surface area contributed by atoms with Crippen molar-refractivity contribution < 1.29 is 28.6 Å². The van der Waals surface area contributed by atoms with Crippen LogP contribution in [0.5, 0.6) is 0 Å². The Morgan fingerprint density at radius 3 is 2.38 bits per heavy atom. The van der Waals surface area contributed by atoms with Crippen LogP contribution < -0.4 is 5.32 Å². The molecule has 0 aromatic heterocycles. The van der Waals surface area contributed by atoms with Crippen LogP contribution in [0.25, 0.3) is 0 Å². The van der Waals surface area contributed by atoms with Gasteiger partial charge in [-0.15, -0.1) is 0 Å². The van der Waals surface area contributed by atoms with Crippen molar-refractivity contribution >= 4 is 17.5 Å². The zero-order valence-corrected chi connectivity index (χ0v) is 21.4. The number of aliphatic hydroxyl groups excluding tert-OH is 1. The highest BCUT2D eigenvalue weighted by Crippen LogP contribution is 2.20. The Labute approximate surface area is 217 Å². The van der Waals surface area contributed by atoms with Crippen molar-refractivity contribution in [3.8, 4) is 11.8 Å². The molecule has 1 heterocycles. The van der Waals surface area contributed by atoms with Crippen molar-refractivity contribution in [2.24, 2.45) is 11.8 Å². The van der Waals surface area contributed by atoms with Gasteiger partial charge < -0.3 is 15.2 Å². The number of nitrogens with one attached hydrogen (secondary N) is 1. The molecule has 0 spiro atoms. The van der Waals surface area contributed by atoms with Crippen molar-refractivity contribution in [2.45, 2.75) is 32.9 Å². The Hall–Kier alpha value is -3.38. The Morgan fingerprint density at radius 1 is 1.14 bits per heavy atom. The SMILES string of the molecule is CCOC1CN(Cc2ccc(C#Cc3ccc(C(=O)C(C)CC(C(=O)CO)C(=O)NC)cc3)cc2F)C1. The van der Waals surface area contributed by atoms with E-state index < -0.39 is 30.1 Å². The molecule has 2 N–H and O–H groups in total. The number of likely N-dealkylation sites (tertiary alicyclic amines) is 1. The molecule has 1 saturated heterocycles. The van der Waals surface area contributed by atoms with E-state index in [0.717, 1.165) is 13.1 Å². The maximum Gasteiger partial charge on any atom is 0.230 e. The van der Waals surface area contributed by atoms with Gasteiger partial charge in [-0.1, -0.05) is 37.0 Å². The number of hydrogen-bond donors (Lipinski definition) is 2. The van der Waals surface area contributed by atoms with E-state index in [4.69, 9.17) is 9.84 Å². The van der Waals surface area contributed by atoms with Gasteiger partial charge in [-0.25, -0.2) is 4.39 Å². The molecule has 0 aliphatic carbocycles. The summed E-state index contributed by atoms with van der Waals surface area (Å²) in [5, 5.41) is 11.5. The second kappa shape index (κ2) is 13.2. The number of hydrogen-bond acceptors (Lipinski definition) is 6. The van der Waals surface area contributed by atoms with Crippen molar-refractivity contribution in [1.29, 1.82) is 0 Å². The van der Waals surface area contributed by atoms with Crippen LogP contribution >= 0.6 is 0 Å². The maximum atomic E-state index is 14.6. The second-order valence-electron chi connectivity index (χ2n) is 9.20. The number of rotatable bonds is 11. The molecule has 2 unspecified atom stereocenters. The fourth-order valence-electron chi connectivity index (χ4n) is 4.26. The van der Waals surface area contributed by atoms with Crippen molar-refractivity contribution in [1.82, 2.24) is 10.2 Å². The van der Waals surface area contributed by atoms with Crippen molar-refractivity contribution in [2.75, 3.05) is 33.4 Å². The van der Waals surface area contributed by atoms with Crippen LogP contribution in [0.4, 0.5) is 4.39 Å². The number of carbonyl (C=O) groups excluding carboxylic acids is 3. The van der Waals surface area contributed by atoms with E-state index in [1.54, 1.807) is 43.3 Å². The highest BCUT2D eigenvalue weighted by molar-refractivity contribution is 6.03. The first kappa shape index (κ1) is 28.2. The van der Waals surface area contributed by atoms with E-state index in [1.807, 2.05) is 6.92 Å². The predicted molar refractivity (Wildman–Crippen MR) is 137 cm³/mol. The quantitative estimate of drug-likeness (QED) is 0.275. The molecule has 8 heteroatoms. The Bertz CT molecular complexity index is 1160. The Balaban J connectivity index is 1.59. The number of ketones is 2. The zero-order chi connectivity index (χ0) is 26.9. The first-order valence-electron chi connectivity index (χ1n) is 12.4. The van der Waals surface area contributed by atoms with Gasteiger partial charge in [0.2, 0.25) is 5.91 Å². The molecule has 196 valence electrons. The van der Waals surface area contributed by atoms with Gasteiger partial charge in [-0.3, -0.25) is 19.3 Å². The zero-order valence-electron chi connectivity index (χ0n) is 21.4. The lowest BCUT2D eigenvalue weighted by atomic mass is 9.87. The number of Topliss-reactive ketones (excluding diaryl/α,β-unsaturated/α-hetero) is 2. The van der Waals surface area contributed by atoms with Crippen LogP contribution in [-0.2, 0) is 20.9 Å². The van der Waals surface area contributed by atoms with Gasteiger partial charge in [0.15, 0.2) is 11.6 Å². The minimum absolute atomic E-state index is 0.00583. The molecule has 37 heavy (non-hydrogen) atoms. The summed E-state index contributed by atoms with van der Waals surface area (Å²) in [6.45, 7) is 5.69. The van der Waals surface area contributed by atoms with E-state index in [1.165, 1.54) is 13.1 Å². The highest BCUT2D eigenvalue weighted by Gasteiger charge is 2.30. The Kier molecular flexibility index (Phi) is 10.1. The van der Waals surface area contributed by atoms with Gasteiger partial charge in [-0.2, -0.15) is 0 Å². The molecule has 1 fully saturated rings. The van der Waals surface area contributed by atoms with Gasteiger partial charge in [0, 0.05) is 61.5 Å². The number of ether oxygens (including phenoxy) is 1. The number of benzene rings is 2. The third-order valence-corrected chi connectivity index (χ3v) is 6.44. The molecule has 0 bridgehead atoms. The van der Waals surface area contributed by atoms with Gasteiger partial charge in [-0.05, 0) is 37.6 Å². The summed E-state index contributed by atoms with van der Waals surface area (Å²) in [5.41, 5.74) is 2.27. The molecule has 1 amide bonds. The van der Waals surface area contributed by atoms with Crippen molar-refractivity contribution in [3.05, 3.63) is 70.5 Å². The van der Waals surface area contributed by atoms with E-state index in [9.17, 15) is 18.8 Å². The normalized spacial score (nSPS) is 15.2. The fourth-order valence-corrected chi connectivity index (χ4v) is 4.26. The van der Waals surface area contributed by atoms with Crippen LogP contribution in [0.1, 0.15) is 47.3 Å². The smallest absolute Gasteiger partial charge is 0.230 e. The molecule has 2 atom stereocenters. The molecule has 3 rings (SSSR count). The van der Waals surface area contributed by atoms with Gasteiger partial charge >= 0.3 is 0 Å². The minimum Gasteiger partial charge on any atom is -0.389 e. The van der Waals surface area contributed by atoms with Crippen LogP contribution in [0.2, 0.25) is 0 Å². The summed E-state index contributed by atoms with van der Waals surface area (Å²) >= 11 is 0. The number of halogens is 1. The summed E-state index contributed by atoms with van der Waals surface area (Å²) in [6.07, 6.45) is 0.240. The monoisotopic (exact) mass is 508 g/mol. The lowest BCUT2D eigenvalue weighted by molar-refractivity contribution is -0.135. The van der Waals surface area contributed by atoms with E-state index in [0.29, 0.717) is 35.4 Å². The molecule has 1 aliphatic heterocycles. The average Bonchev–Trinajstić information content (AvgIpc) is 2.89. The largest absolute Gasteiger partial charge is 0.389 e. The van der Waals surface area contributed by atoms with Crippen LogP contribution in [0, 0.1) is 29.5 Å². The van der Waals surface area contributed by atoms with Crippen LogP contribution in [0.15, 0.2) is 42.5 Å². The van der Waals surface area contributed by atoms with Gasteiger partial charge in [0.05, 0.1) is 12.0 Å². The first-order chi connectivity index (χ1) is 17.7. The molecular formula is C29H33FN2O5. The lowest BCUT2D eigenvalue weighted by Crippen LogP contribution is -2.51. The van der Waals surface area contributed by atoms with E-state index in [-0.39, 0.29) is 24.1 Å². The number of nitrogens with zero attached hydrogens (tertiary/aromatic N) is 1. The molecule has 2 aromatic carbocycles. The number of carbonyl (C=O) groups is 3. The third-order valence-electron chi connectivity index (χ3n) is 6.44. The Morgan fingerprint density at radius 2 is 1.78 bits per heavy atom. The summed E-state index contributed by atoms with van der Waals surface area (Å²) < 4.78 is 20.1. The van der Waals surface area contributed by atoms with Gasteiger partial charge in [0.1, 0.15) is 12.4 Å². The maximum absolute atomic E-state index is 14.6. The molecule has 0 radical (unpaired) electrons. The summed E-state index contributed by atoms with van der Waals surface area (Å²) in [6, 6.07) is 11.6. The summed E-state index contributed by atoms with van der Waals surface area (Å²) in [4.78, 5) is 38.8. The molecule has 7 nitrogen and oxygen atoms in total. The topological polar surface area (TPSA) is 95.9 Å². The predicted octanol–water partition coefficient (Wildman–Crippen LogP) is 2.58. The minimum atomic E-state index is -1.08. The van der Waals surface area contributed by atoms with Gasteiger partial charge in [0.25, 0.3) is 0 Å². The summed E-state index contributed by atoms with van der Waals surface area (Å²) in [5.74, 6) is 2.60. The van der Waals surface area contributed by atoms with E-state index >= 15 is 0 Å². The standard InChI is InChI=1S/C29H33FN2O5/c1-4-37-24-16-32(17-24)15-23-12-9-21(14-26(23)30)6-5-20-7-10-22(11-8-20)28(35)19(2)13-25(27(34)18-33)29(36)31-3/h7-12,14,19,24-25,33H,4,13,15-18H2,1-3H3,(H,31,36). The third kappa shape index (κ3) is 7.56. The fraction of sp³-hybridized carbons (Fsp3) is 0.414. The second-order valence-corrected chi connectivity index (χ2v) is 9.20. The molecular weight excluding hydrogens is 475 g/mol. The molecule has 2 aromatic rings. The number of aliphatic hydroxyl groups is 1. The summed E-state index contributed by atoms with van der Waals surface area (Å²) in [7, 11) is 1.40. The lowest BCUT2D eigenvalue weighted by Gasteiger charge is -2.38. The molecule has 1 aliphatic rings. The van der Waals surface area contributed by atoms with Crippen LogP contribution in [-0.4, -0.2) is 66.9 Å². The van der Waals surface area contributed by atoms with Crippen LogP contribution in [0.3, 0.4) is 0 Å². The first-order valence-corrected chi connectivity index (χ1v) is 12.4. The highest BCUT2D eigenvalue weighted by atomic mass is 19.1. The van der Waals surface area contributed by atoms with E-state index in [2.05, 4.69) is 22.1 Å². The number of amides is 1. The van der Waals surface area contributed by atoms with Crippen molar-refractivity contribution in [3.63, 3.8) is 0 Å². The average molecular weight is 509 g/mol. The molecule has 0 saturated carbocycles.